The third kappa shape index (κ3) is 3.88. The number of halogens is 1. The number of carbonyl (C=O) groups is 1. The van der Waals surface area contributed by atoms with Gasteiger partial charge in [0.25, 0.3) is 0 Å². The molecule has 1 atom stereocenters. The van der Waals surface area contributed by atoms with Crippen molar-refractivity contribution >= 4 is 34.2 Å². The molecule has 0 saturated carbocycles. The number of amides is 2. The van der Waals surface area contributed by atoms with Gasteiger partial charge >= 0.3 is 6.03 Å². The van der Waals surface area contributed by atoms with Gasteiger partial charge in [-0.25, -0.2) is 4.79 Å². The number of hydrogen-bond acceptors (Lipinski definition) is 3. The summed E-state index contributed by atoms with van der Waals surface area (Å²) in [6.07, 6.45) is 3.69. The molecule has 0 bridgehead atoms. The van der Waals surface area contributed by atoms with E-state index in [4.69, 9.17) is 11.6 Å². The summed E-state index contributed by atoms with van der Waals surface area (Å²) < 4.78 is 2.09. The first-order chi connectivity index (χ1) is 15.1. The van der Waals surface area contributed by atoms with E-state index in [9.17, 15) is 4.79 Å². The van der Waals surface area contributed by atoms with Crippen molar-refractivity contribution in [2.24, 2.45) is 0 Å². The second kappa shape index (κ2) is 8.07. The number of H-pyrrole nitrogens is 1. The Labute approximate surface area is 185 Å². The molecule has 158 valence electrons. The Hall–Kier alpha value is -3.32. The predicted octanol–water partition coefficient (Wildman–Crippen LogP) is 5.14. The van der Waals surface area contributed by atoms with Gasteiger partial charge in [-0.2, -0.15) is 0 Å². The minimum atomic E-state index is -0.115. The molecule has 7 nitrogen and oxygen atoms in total. The first-order valence-electron chi connectivity index (χ1n) is 10.4. The largest absolute Gasteiger partial charge is 0.361 e. The third-order valence-electron chi connectivity index (χ3n) is 5.83. The van der Waals surface area contributed by atoms with Crippen LogP contribution in [0.5, 0.6) is 0 Å². The van der Waals surface area contributed by atoms with Gasteiger partial charge in [-0.1, -0.05) is 23.7 Å². The summed E-state index contributed by atoms with van der Waals surface area (Å²) in [5.41, 5.74) is 2.94. The van der Waals surface area contributed by atoms with Crippen molar-refractivity contribution in [3.05, 3.63) is 77.0 Å². The summed E-state index contributed by atoms with van der Waals surface area (Å²) in [6.45, 7) is 3.27. The number of benzene rings is 2. The SMILES string of the molecule is Cc1nnc([C@H]2CCCN2C(=O)Nc2ccc3[nH]ccc3c2)n1Cc1ccc(Cl)cc1. The Morgan fingerprint density at radius 3 is 2.87 bits per heavy atom. The summed E-state index contributed by atoms with van der Waals surface area (Å²) in [5.74, 6) is 1.65. The Balaban J connectivity index is 1.37. The molecule has 2 aromatic carbocycles. The molecule has 2 amide bonds. The minimum absolute atomic E-state index is 0.107. The van der Waals surface area contributed by atoms with Gasteiger partial charge in [0.1, 0.15) is 5.82 Å². The summed E-state index contributed by atoms with van der Waals surface area (Å²) in [6, 6.07) is 15.4. The van der Waals surface area contributed by atoms with Crippen molar-refractivity contribution < 1.29 is 4.79 Å². The lowest BCUT2D eigenvalue weighted by atomic mass is 10.2. The van der Waals surface area contributed by atoms with E-state index < -0.39 is 0 Å². The van der Waals surface area contributed by atoms with Crippen LogP contribution in [0, 0.1) is 6.92 Å². The number of urea groups is 1. The number of nitrogens with one attached hydrogen (secondary N) is 2. The highest BCUT2D eigenvalue weighted by atomic mass is 35.5. The van der Waals surface area contributed by atoms with Crippen LogP contribution in [-0.4, -0.2) is 37.2 Å². The average Bonchev–Trinajstić information content (AvgIpc) is 3.50. The molecular weight excluding hydrogens is 412 g/mol. The lowest BCUT2D eigenvalue weighted by Gasteiger charge is -2.25. The Kier molecular flexibility index (Phi) is 5.11. The number of nitrogens with zero attached hydrogens (tertiary/aromatic N) is 4. The Bertz CT molecular complexity index is 1230. The molecule has 3 heterocycles. The highest BCUT2D eigenvalue weighted by Gasteiger charge is 2.34. The van der Waals surface area contributed by atoms with E-state index in [-0.39, 0.29) is 12.1 Å². The van der Waals surface area contributed by atoms with Crippen LogP contribution in [0.1, 0.15) is 36.1 Å². The number of carbonyl (C=O) groups excluding carboxylic acids is 1. The standard InChI is InChI=1S/C23H23ClN6O/c1-15-27-28-22(30(15)14-16-4-6-18(24)7-5-16)21-3-2-12-29(21)23(31)26-19-8-9-20-17(13-19)10-11-25-20/h4-11,13,21,25H,2-3,12,14H2,1H3,(H,26,31)/t21-/m1/s1. The zero-order valence-corrected chi connectivity index (χ0v) is 17.9. The number of anilines is 1. The molecule has 1 aliphatic heterocycles. The van der Waals surface area contributed by atoms with Crippen LogP contribution in [-0.2, 0) is 6.54 Å². The van der Waals surface area contributed by atoms with Gasteiger partial charge in [0.2, 0.25) is 0 Å². The molecule has 1 fully saturated rings. The Morgan fingerprint density at radius 2 is 2.03 bits per heavy atom. The van der Waals surface area contributed by atoms with E-state index in [0.29, 0.717) is 18.1 Å². The first-order valence-corrected chi connectivity index (χ1v) is 10.8. The quantitative estimate of drug-likeness (QED) is 0.466. The van der Waals surface area contributed by atoms with Gasteiger partial charge in [-0.3, -0.25) is 0 Å². The van der Waals surface area contributed by atoms with Gasteiger partial charge in [0.05, 0.1) is 12.6 Å². The van der Waals surface area contributed by atoms with Crippen molar-refractivity contribution in [2.75, 3.05) is 11.9 Å². The molecule has 31 heavy (non-hydrogen) atoms. The van der Waals surface area contributed by atoms with E-state index in [1.54, 1.807) is 0 Å². The molecule has 2 N–H and O–H groups in total. The topological polar surface area (TPSA) is 78.8 Å². The highest BCUT2D eigenvalue weighted by Crippen LogP contribution is 2.32. The molecule has 1 saturated heterocycles. The molecule has 0 unspecified atom stereocenters. The number of rotatable bonds is 4. The molecule has 2 aromatic heterocycles. The summed E-state index contributed by atoms with van der Waals surface area (Å²) >= 11 is 6.02. The molecule has 0 radical (unpaired) electrons. The van der Waals surface area contributed by atoms with Crippen LogP contribution in [0.4, 0.5) is 10.5 Å². The van der Waals surface area contributed by atoms with E-state index in [1.165, 1.54) is 0 Å². The number of likely N-dealkylation sites (tertiary alicyclic amines) is 1. The van der Waals surface area contributed by atoms with Crippen LogP contribution < -0.4 is 5.32 Å². The van der Waals surface area contributed by atoms with E-state index in [1.807, 2.05) is 66.6 Å². The summed E-state index contributed by atoms with van der Waals surface area (Å²) in [4.78, 5) is 18.2. The van der Waals surface area contributed by atoms with Crippen molar-refractivity contribution in [1.29, 1.82) is 0 Å². The number of aromatic amines is 1. The highest BCUT2D eigenvalue weighted by molar-refractivity contribution is 6.30. The maximum Gasteiger partial charge on any atom is 0.322 e. The van der Waals surface area contributed by atoms with Crippen LogP contribution >= 0.6 is 11.6 Å². The van der Waals surface area contributed by atoms with E-state index >= 15 is 0 Å². The molecule has 5 rings (SSSR count). The normalized spacial score (nSPS) is 16.2. The second-order valence-electron chi connectivity index (χ2n) is 7.88. The van der Waals surface area contributed by atoms with Gasteiger partial charge in [0, 0.05) is 34.4 Å². The van der Waals surface area contributed by atoms with E-state index in [2.05, 4.69) is 25.1 Å². The number of fused-ring (bicyclic) bond motifs is 1. The lowest BCUT2D eigenvalue weighted by molar-refractivity contribution is 0.204. The molecule has 8 heteroatoms. The van der Waals surface area contributed by atoms with Crippen LogP contribution in [0.25, 0.3) is 10.9 Å². The third-order valence-corrected chi connectivity index (χ3v) is 6.09. The first kappa shape index (κ1) is 19.6. The van der Waals surface area contributed by atoms with Crippen LogP contribution in [0.15, 0.2) is 54.7 Å². The predicted molar refractivity (Wildman–Crippen MR) is 121 cm³/mol. The monoisotopic (exact) mass is 434 g/mol. The Morgan fingerprint density at radius 1 is 1.19 bits per heavy atom. The maximum absolute atomic E-state index is 13.1. The van der Waals surface area contributed by atoms with Crippen LogP contribution in [0.3, 0.4) is 0 Å². The summed E-state index contributed by atoms with van der Waals surface area (Å²) in [7, 11) is 0. The number of aromatic nitrogens is 4. The average molecular weight is 435 g/mol. The second-order valence-corrected chi connectivity index (χ2v) is 8.32. The minimum Gasteiger partial charge on any atom is -0.361 e. The van der Waals surface area contributed by atoms with Crippen molar-refractivity contribution in [3.8, 4) is 0 Å². The lowest BCUT2D eigenvalue weighted by Crippen LogP contribution is -2.35. The zero-order valence-electron chi connectivity index (χ0n) is 17.2. The van der Waals surface area contributed by atoms with Crippen molar-refractivity contribution in [2.45, 2.75) is 32.4 Å². The smallest absolute Gasteiger partial charge is 0.322 e. The molecule has 0 spiro atoms. The fourth-order valence-electron chi connectivity index (χ4n) is 4.22. The van der Waals surface area contributed by atoms with Gasteiger partial charge in [-0.05, 0) is 61.7 Å². The number of hydrogen-bond donors (Lipinski definition) is 2. The van der Waals surface area contributed by atoms with Crippen molar-refractivity contribution in [1.82, 2.24) is 24.6 Å². The molecule has 4 aromatic rings. The van der Waals surface area contributed by atoms with Gasteiger partial charge < -0.3 is 19.8 Å². The van der Waals surface area contributed by atoms with Crippen LogP contribution in [0.2, 0.25) is 5.02 Å². The van der Waals surface area contributed by atoms with E-state index in [0.717, 1.165) is 46.6 Å². The molecule has 0 aliphatic carbocycles. The fraction of sp³-hybridized carbons (Fsp3) is 0.261. The molecule has 1 aliphatic rings. The van der Waals surface area contributed by atoms with Gasteiger partial charge in [0.15, 0.2) is 5.82 Å². The number of aryl methyl sites for hydroxylation is 1. The van der Waals surface area contributed by atoms with Gasteiger partial charge in [-0.15, -0.1) is 10.2 Å². The van der Waals surface area contributed by atoms with Crippen molar-refractivity contribution in [3.63, 3.8) is 0 Å². The summed E-state index contributed by atoms with van der Waals surface area (Å²) in [5, 5.41) is 13.6. The zero-order chi connectivity index (χ0) is 21.4. The molecular formula is C23H23ClN6O. The fourth-order valence-corrected chi connectivity index (χ4v) is 4.34. The maximum atomic E-state index is 13.1.